The van der Waals surface area contributed by atoms with Crippen molar-refractivity contribution in [1.82, 2.24) is 0 Å². The minimum Gasteiger partial charge on any atom is -0.311 e. The van der Waals surface area contributed by atoms with Crippen molar-refractivity contribution in [2.45, 2.75) is 0 Å². The highest BCUT2D eigenvalue weighted by Gasteiger charge is 2.18. The van der Waals surface area contributed by atoms with Gasteiger partial charge in [-0.05, 0) is 126 Å². The van der Waals surface area contributed by atoms with Crippen molar-refractivity contribution >= 4 is 112 Å². The summed E-state index contributed by atoms with van der Waals surface area (Å²) in [6, 6.07) is 82.8. The van der Waals surface area contributed by atoms with Crippen LogP contribution in [-0.2, 0) is 0 Å². The Morgan fingerprint density at radius 3 is 1.10 bits per heavy atom. The average molecular weight is 836 g/mol. The van der Waals surface area contributed by atoms with Gasteiger partial charge in [0.1, 0.15) is 0 Å². The molecule has 13 rings (SSSR count). The number of fused-ring (bicyclic) bond motifs is 11. The van der Waals surface area contributed by atoms with E-state index >= 15 is 0 Å². The van der Waals surface area contributed by atoms with Crippen molar-refractivity contribution in [2.24, 2.45) is 0 Å². The quantitative estimate of drug-likeness (QED) is 0.161. The second-order valence-corrected chi connectivity index (χ2v) is 18.6. The molecular formula is C60H37NS2. The van der Waals surface area contributed by atoms with Crippen molar-refractivity contribution in [3.8, 4) is 33.4 Å². The van der Waals surface area contributed by atoms with Crippen molar-refractivity contribution in [2.75, 3.05) is 4.90 Å². The first kappa shape index (κ1) is 36.1. The van der Waals surface area contributed by atoms with Crippen LogP contribution in [0.5, 0.6) is 0 Å². The standard InChI is InChI=1S/C60H37NS2/c1-2-14-45-38(12-1)13-11-21-46(45)39-24-30-42(31-25-39)61(43-32-26-40(27-33-43)53-36-57-59(49-17-5-3-15-47(49)53)51-19-7-9-22-55(51)62-57)44-34-28-41(29-35-44)54-37-58-60(50-18-6-4-16-48(50)54)52-20-8-10-23-56(52)63-58/h1-37H. The predicted molar refractivity (Wildman–Crippen MR) is 276 cm³/mol. The molecule has 13 aromatic rings. The molecule has 0 fully saturated rings. The van der Waals surface area contributed by atoms with E-state index in [-0.39, 0.29) is 0 Å². The molecule has 0 saturated heterocycles. The average Bonchev–Trinajstić information content (AvgIpc) is 3.93. The number of anilines is 3. The minimum atomic E-state index is 1.11. The molecule has 294 valence electrons. The highest BCUT2D eigenvalue weighted by Crippen LogP contribution is 2.46. The van der Waals surface area contributed by atoms with Crippen LogP contribution >= 0.6 is 22.7 Å². The van der Waals surface area contributed by atoms with E-state index in [0.29, 0.717) is 0 Å². The third-order valence-corrected chi connectivity index (χ3v) is 15.1. The summed E-state index contributed by atoms with van der Waals surface area (Å²) in [5, 5.41) is 13.0. The lowest BCUT2D eigenvalue weighted by molar-refractivity contribution is 1.28. The van der Waals surface area contributed by atoms with Crippen molar-refractivity contribution < 1.29 is 0 Å². The fourth-order valence-electron chi connectivity index (χ4n) is 9.95. The Labute approximate surface area is 373 Å². The van der Waals surface area contributed by atoms with Gasteiger partial charge < -0.3 is 4.90 Å². The molecule has 2 aromatic heterocycles. The van der Waals surface area contributed by atoms with Crippen molar-refractivity contribution in [1.29, 1.82) is 0 Å². The van der Waals surface area contributed by atoms with E-state index in [1.807, 2.05) is 22.7 Å². The van der Waals surface area contributed by atoms with Gasteiger partial charge in [-0.2, -0.15) is 0 Å². The Balaban J connectivity index is 0.934. The van der Waals surface area contributed by atoms with E-state index in [0.717, 1.165) is 17.1 Å². The molecule has 0 aliphatic carbocycles. The summed E-state index contributed by atoms with van der Waals surface area (Å²) in [6.07, 6.45) is 0. The minimum absolute atomic E-state index is 1.11. The smallest absolute Gasteiger partial charge is 0.0462 e. The van der Waals surface area contributed by atoms with Gasteiger partial charge in [-0.3, -0.25) is 0 Å². The highest BCUT2D eigenvalue weighted by atomic mass is 32.1. The topological polar surface area (TPSA) is 3.24 Å². The molecule has 0 bridgehead atoms. The predicted octanol–water partition coefficient (Wildman–Crippen LogP) is 18.4. The van der Waals surface area contributed by atoms with Crippen LogP contribution in [0.3, 0.4) is 0 Å². The largest absolute Gasteiger partial charge is 0.311 e. The third-order valence-electron chi connectivity index (χ3n) is 12.9. The zero-order valence-electron chi connectivity index (χ0n) is 34.1. The van der Waals surface area contributed by atoms with Gasteiger partial charge in [0.05, 0.1) is 0 Å². The van der Waals surface area contributed by atoms with Gasteiger partial charge in [0.25, 0.3) is 0 Å². The van der Waals surface area contributed by atoms with Crippen LogP contribution in [0.15, 0.2) is 224 Å². The van der Waals surface area contributed by atoms with Crippen LogP contribution in [0, 0.1) is 0 Å². The molecule has 0 aliphatic rings. The molecular weight excluding hydrogens is 799 g/mol. The zero-order valence-corrected chi connectivity index (χ0v) is 35.8. The Hall–Kier alpha value is -7.56. The molecule has 0 spiro atoms. The molecule has 3 heteroatoms. The summed E-state index contributed by atoms with van der Waals surface area (Å²) >= 11 is 3.76. The van der Waals surface area contributed by atoms with Gasteiger partial charge in [-0.25, -0.2) is 0 Å². The van der Waals surface area contributed by atoms with Gasteiger partial charge in [-0.15, -0.1) is 22.7 Å². The molecule has 0 radical (unpaired) electrons. The summed E-state index contributed by atoms with van der Waals surface area (Å²) in [7, 11) is 0. The maximum atomic E-state index is 2.40. The van der Waals surface area contributed by atoms with Crippen LogP contribution in [0.25, 0.3) is 106 Å². The molecule has 0 aliphatic heterocycles. The summed E-state index contributed by atoms with van der Waals surface area (Å²) in [4.78, 5) is 2.39. The monoisotopic (exact) mass is 835 g/mol. The summed E-state index contributed by atoms with van der Waals surface area (Å²) in [5.41, 5.74) is 10.7. The Morgan fingerprint density at radius 1 is 0.254 bits per heavy atom. The lowest BCUT2D eigenvalue weighted by atomic mass is 9.94. The summed E-state index contributed by atoms with van der Waals surface area (Å²) < 4.78 is 5.29. The number of thiophene rings is 2. The molecule has 63 heavy (non-hydrogen) atoms. The fraction of sp³-hybridized carbons (Fsp3) is 0. The first-order valence-electron chi connectivity index (χ1n) is 21.5. The molecule has 0 amide bonds. The number of nitrogens with zero attached hydrogens (tertiary/aromatic N) is 1. The van der Waals surface area contributed by atoms with Gasteiger partial charge in [0.15, 0.2) is 0 Å². The van der Waals surface area contributed by atoms with Gasteiger partial charge in [0, 0.05) is 57.4 Å². The molecule has 0 N–H and O–H groups in total. The Morgan fingerprint density at radius 2 is 0.619 bits per heavy atom. The van der Waals surface area contributed by atoms with Crippen LogP contribution in [-0.4, -0.2) is 0 Å². The van der Waals surface area contributed by atoms with Crippen LogP contribution in [0.4, 0.5) is 17.1 Å². The van der Waals surface area contributed by atoms with Crippen LogP contribution < -0.4 is 4.90 Å². The highest BCUT2D eigenvalue weighted by molar-refractivity contribution is 7.26. The SMILES string of the molecule is c1ccc2c(-c3ccc(N(c4ccc(-c5cc6sc7ccccc7c6c6ccccc56)cc4)c4ccc(-c5cc6sc7ccccc7c6c6ccccc56)cc4)cc3)cccc2c1. The van der Waals surface area contributed by atoms with E-state index in [4.69, 9.17) is 0 Å². The van der Waals surface area contributed by atoms with E-state index in [2.05, 4.69) is 229 Å². The molecule has 0 unspecified atom stereocenters. The zero-order chi connectivity index (χ0) is 41.4. The lowest BCUT2D eigenvalue weighted by Crippen LogP contribution is -2.09. The first-order chi connectivity index (χ1) is 31.2. The van der Waals surface area contributed by atoms with Crippen LogP contribution in [0.1, 0.15) is 0 Å². The van der Waals surface area contributed by atoms with Gasteiger partial charge in [-0.1, -0.05) is 164 Å². The van der Waals surface area contributed by atoms with E-state index < -0.39 is 0 Å². The van der Waals surface area contributed by atoms with Gasteiger partial charge in [0.2, 0.25) is 0 Å². The molecule has 2 heterocycles. The van der Waals surface area contributed by atoms with E-state index in [1.54, 1.807) is 0 Å². The van der Waals surface area contributed by atoms with Gasteiger partial charge >= 0.3 is 0 Å². The molecule has 0 atom stereocenters. The summed E-state index contributed by atoms with van der Waals surface area (Å²) in [6.45, 7) is 0. The normalized spacial score (nSPS) is 11.8. The Kier molecular flexibility index (Phi) is 8.33. The molecule has 11 aromatic carbocycles. The number of hydrogen-bond acceptors (Lipinski definition) is 3. The second-order valence-electron chi connectivity index (χ2n) is 16.4. The fourth-order valence-corrected chi connectivity index (χ4v) is 12.3. The number of rotatable bonds is 6. The van der Waals surface area contributed by atoms with Crippen molar-refractivity contribution in [3.05, 3.63) is 224 Å². The lowest BCUT2D eigenvalue weighted by Gasteiger charge is -2.26. The summed E-state index contributed by atoms with van der Waals surface area (Å²) in [5.74, 6) is 0. The first-order valence-corrected chi connectivity index (χ1v) is 23.1. The van der Waals surface area contributed by atoms with Crippen LogP contribution in [0.2, 0.25) is 0 Å². The van der Waals surface area contributed by atoms with Crippen molar-refractivity contribution in [3.63, 3.8) is 0 Å². The molecule has 1 nitrogen and oxygen atoms in total. The Bertz CT molecular complexity index is 3690. The second kappa shape index (κ2) is 14.5. The van der Waals surface area contributed by atoms with E-state index in [1.165, 1.54) is 106 Å². The van der Waals surface area contributed by atoms with E-state index in [9.17, 15) is 0 Å². The third kappa shape index (κ3) is 5.89. The maximum absolute atomic E-state index is 2.40. The molecule has 0 saturated carbocycles. The number of hydrogen-bond donors (Lipinski definition) is 0. The maximum Gasteiger partial charge on any atom is 0.0462 e. The number of benzene rings is 11.